The number of alkyl halides is 3. The summed E-state index contributed by atoms with van der Waals surface area (Å²) in [7, 11) is -1.16. The molecule has 0 unspecified atom stereocenters. The first kappa shape index (κ1) is 13.2. The number of hydrogen-bond acceptors (Lipinski definition) is 3. The standard InChI is InChI=1S/C9H11F3O3Si/c10-9(11,12)7-3-1-6(2-4-7)5-16-15-8(13)14/h1-4,8,13-14H,5,16H2. The van der Waals surface area contributed by atoms with Gasteiger partial charge in [0.25, 0.3) is 6.48 Å². The molecule has 0 aliphatic heterocycles. The number of rotatable bonds is 4. The molecule has 1 aromatic carbocycles. The lowest BCUT2D eigenvalue weighted by Crippen LogP contribution is -2.15. The smallest absolute Gasteiger partial charge is 0.379 e. The molecule has 0 aromatic heterocycles. The first-order chi connectivity index (χ1) is 7.39. The van der Waals surface area contributed by atoms with Gasteiger partial charge in [-0.25, -0.2) is 0 Å². The van der Waals surface area contributed by atoms with Gasteiger partial charge in [0.1, 0.15) is 0 Å². The Labute approximate surface area is 92.4 Å². The molecule has 0 radical (unpaired) electrons. The Kier molecular flexibility index (Phi) is 4.48. The van der Waals surface area contributed by atoms with Crippen LogP contribution in [-0.4, -0.2) is 26.5 Å². The molecule has 0 fully saturated rings. The van der Waals surface area contributed by atoms with Crippen LogP contribution in [0.1, 0.15) is 11.1 Å². The molecule has 0 spiro atoms. The zero-order valence-electron chi connectivity index (χ0n) is 8.24. The van der Waals surface area contributed by atoms with Crippen LogP contribution in [-0.2, 0) is 16.6 Å². The van der Waals surface area contributed by atoms with Gasteiger partial charge in [0.15, 0.2) is 9.76 Å². The minimum atomic E-state index is -4.33. The molecule has 7 heteroatoms. The Morgan fingerprint density at radius 2 is 1.75 bits per heavy atom. The van der Waals surface area contributed by atoms with Crippen LogP contribution in [0.4, 0.5) is 13.2 Å². The van der Waals surface area contributed by atoms with Gasteiger partial charge in [0.05, 0.1) is 5.56 Å². The van der Waals surface area contributed by atoms with E-state index in [2.05, 4.69) is 4.43 Å². The molecule has 0 saturated carbocycles. The van der Waals surface area contributed by atoms with Gasteiger partial charge in [0.2, 0.25) is 0 Å². The van der Waals surface area contributed by atoms with E-state index in [4.69, 9.17) is 10.2 Å². The molecular weight excluding hydrogens is 241 g/mol. The van der Waals surface area contributed by atoms with Gasteiger partial charge in [-0.15, -0.1) is 0 Å². The highest BCUT2D eigenvalue weighted by molar-refractivity contribution is 6.26. The van der Waals surface area contributed by atoms with Crippen molar-refractivity contribution in [1.82, 2.24) is 0 Å². The predicted octanol–water partition coefficient (Wildman–Crippen LogP) is 0.574. The van der Waals surface area contributed by atoms with Crippen LogP contribution in [0, 0.1) is 0 Å². The van der Waals surface area contributed by atoms with Crippen molar-refractivity contribution < 1.29 is 27.8 Å². The third-order valence-electron chi connectivity index (χ3n) is 1.94. The van der Waals surface area contributed by atoms with Crippen LogP contribution in [0.2, 0.25) is 0 Å². The van der Waals surface area contributed by atoms with Crippen molar-refractivity contribution in [1.29, 1.82) is 0 Å². The zero-order valence-corrected chi connectivity index (χ0v) is 9.65. The first-order valence-electron chi connectivity index (χ1n) is 4.53. The summed E-state index contributed by atoms with van der Waals surface area (Å²) in [6.45, 7) is -1.79. The molecule has 0 aliphatic rings. The fraction of sp³-hybridized carbons (Fsp3) is 0.333. The lowest BCUT2D eigenvalue weighted by molar-refractivity contribution is -0.180. The van der Waals surface area contributed by atoms with E-state index in [1.807, 2.05) is 0 Å². The Balaban J connectivity index is 2.52. The van der Waals surface area contributed by atoms with Gasteiger partial charge >= 0.3 is 6.18 Å². The number of aliphatic hydroxyl groups is 2. The summed E-state index contributed by atoms with van der Waals surface area (Å²) in [5.74, 6) is 0. The lowest BCUT2D eigenvalue weighted by atomic mass is 10.1. The molecule has 0 atom stereocenters. The molecule has 0 aliphatic carbocycles. The molecular formula is C9H11F3O3Si. The second-order valence-corrected chi connectivity index (χ2v) is 4.38. The average molecular weight is 252 g/mol. The molecule has 0 heterocycles. The third-order valence-corrected chi connectivity index (χ3v) is 3.25. The highest BCUT2D eigenvalue weighted by atomic mass is 28.2. The van der Waals surface area contributed by atoms with Gasteiger partial charge in [-0.3, -0.25) is 0 Å². The SMILES string of the molecule is OC(O)O[SiH2]Cc1ccc(C(F)(F)F)cc1. The van der Waals surface area contributed by atoms with Crippen LogP contribution >= 0.6 is 0 Å². The summed E-state index contributed by atoms with van der Waals surface area (Å²) in [6.07, 6.45) is -4.33. The largest absolute Gasteiger partial charge is 0.416 e. The molecule has 1 aromatic rings. The first-order valence-corrected chi connectivity index (χ1v) is 6.11. The van der Waals surface area contributed by atoms with E-state index in [1.54, 1.807) is 0 Å². The maximum absolute atomic E-state index is 12.2. The van der Waals surface area contributed by atoms with Gasteiger partial charge in [-0.05, 0) is 23.7 Å². The van der Waals surface area contributed by atoms with Crippen molar-refractivity contribution >= 4 is 9.76 Å². The van der Waals surface area contributed by atoms with E-state index in [0.29, 0.717) is 11.6 Å². The molecule has 1 rings (SSSR count). The summed E-state index contributed by atoms with van der Waals surface area (Å²) < 4.78 is 41.2. The summed E-state index contributed by atoms with van der Waals surface area (Å²) in [5, 5.41) is 16.8. The summed E-state index contributed by atoms with van der Waals surface area (Å²) in [6, 6.07) is 5.18. The molecule has 3 nitrogen and oxygen atoms in total. The second-order valence-electron chi connectivity index (χ2n) is 3.14. The number of benzene rings is 1. The van der Waals surface area contributed by atoms with Gasteiger partial charge in [0, 0.05) is 0 Å². The van der Waals surface area contributed by atoms with Crippen molar-refractivity contribution in [3.05, 3.63) is 35.4 Å². The Morgan fingerprint density at radius 3 is 2.19 bits per heavy atom. The Hall–Kier alpha value is -0.893. The van der Waals surface area contributed by atoms with Crippen molar-refractivity contribution in [2.75, 3.05) is 0 Å². The molecule has 0 amide bonds. The maximum Gasteiger partial charge on any atom is 0.416 e. The van der Waals surface area contributed by atoms with Crippen molar-refractivity contribution in [2.24, 2.45) is 0 Å². The average Bonchev–Trinajstić information content (AvgIpc) is 2.16. The van der Waals surface area contributed by atoms with E-state index in [-0.39, 0.29) is 0 Å². The molecule has 0 bridgehead atoms. The summed E-state index contributed by atoms with van der Waals surface area (Å²) in [5.41, 5.74) is 0.00125. The minimum absolute atomic E-state index is 0.454. The van der Waals surface area contributed by atoms with E-state index >= 15 is 0 Å². The quantitative estimate of drug-likeness (QED) is 0.608. The maximum atomic E-state index is 12.2. The van der Waals surface area contributed by atoms with Crippen LogP contribution in [0.5, 0.6) is 0 Å². The zero-order chi connectivity index (χ0) is 12.2. The Bertz CT molecular complexity index is 324. The van der Waals surface area contributed by atoms with Crippen LogP contribution < -0.4 is 0 Å². The fourth-order valence-electron chi connectivity index (χ4n) is 1.14. The third kappa shape index (κ3) is 4.31. The van der Waals surface area contributed by atoms with Crippen LogP contribution in [0.25, 0.3) is 0 Å². The van der Waals surface area contributed by atoms with Crippen molar-refractivity contribution in [3.63, 3.8) is 0 Å². The van der Waals surface area contributed by atoms with Crippen LogP contribution in [0.3, 0.4) is 0 Å². The van der Waals surface area contributed by atoms with Gasteiger partial charge in [-0.1, -0.05) is 12.1 Å². The van der Waals surface area contributed by atoms with E-state index in [0.717, 1.165) is 12.1 Å². The minimum Gasteiger partial charge on any atom is -0.379 e. The fourth-order valence-corrected chi connectivity index (χ4v) is 2.04. The molecule has 2 N–H and O–H groups in total. The number of aliphatic hydroxyl groups excluding tert-OH is 1. The summed E-state index contributed by atoms with van der Waals surface area (Å²) in [4.78, 5) is 0. The normalized spacial score (nSPS) is 12.9. The van der Waals surface area contributed by atoms with E-state index in [9.17, 15) is 13.2 Å². The highest BCUT2D eigenvalue weighted by Crippen LogP contribution is 2.29. The lowest BCUT2D eigenvalue weighted by Gasteiger charge is -2.08. The Morgan fingerprint density at radius 1 is 1.19 bits per heavy atom. The second kappa shape index (κ2) is 5.44. The van der Waals surface area contributed by atoms with Crippen molar-refractivity contribution in [2.45, 2.75) is 18.7 Å². The molecule has 0 saturated heterocycles. The van der Waals surface area contributed by atoms with Crippen LogP contribution in [0.15, 0.2) is 24.3 Å². The highest BCUT2D eigenvalue weighted by Gasteiger charge is 2.29. The summed E-state index contributed by atoms with van der Waals surface area (Å²) >= 11 is 0. The molecule has 16 heavy (non-hydrogen) atoms. The van der Waals surface area contributed by atoms with E-state index in [1.165, 1.54) is 12.1 Å². The number of halogens is 3. The monoisotopic (exact) mass is 252 g/mol. The predicted molar refractivity (Wildman–Crippen MR) is 53.0 cm³/mol. The number of hydrogen-bond donors (Lipinski definition) is 2. The van der Waals surface area contributed by atoms with Gasteiger partial charge in [-0.2, -0.15) is 13.2 Å². The van der Waals surface area contributed by atoms with Gasteiger partial charge < -0.3 is 14.6 Å². The van der Waals surface area contributed by atoms with Crippen molar-refractivity contribution in [3.8, 4) is 0 Å². The topological polar surface area (TPSA) is 49.7 Å². The molecule has 90 valence electrons. The van der Waals surface area contributed by atoms with E-state index < -0.39 is 28.0 Å².